The van der Waals surface area contributed by atoms with E-state index in [-0.39, 0.29) is 4.90 Å². The maximum absolute atomic E-state index is 11.3. The van der Waals surface area contributed by atoms with Gasteiger partial charge in [-0.05, 0) is 18.2 Å². The summed E-state index contributed by atoms with van der Waals surface area (Å²) in [6.07, 6.45) is 5.03. The quantitative estimate of drug-likeness (QED) is 0.882. The molecule has 1 aromatic carbocycles. The molecule has 8 heteroatoms. The van der Waals surface area contributed by atoms with E-state index in [9.17, 15) is 8.42 Å². The molecule has 6 nitrogen and oxygen atoms in total. The third-order valence-electron chi connectivity index (χ3n) is 2.59. The van der Waals surface area contributed by atoms with E-state index in [4.69, 9.17) is 16.7 Å². The zero-order chi connectivity index (χ0) is 14.8. The van der Waals surface area contributed by atoms with Crippen LogP contribution in [-0.4, -0.2) is 18.2 Å². The number of sulfonamides is 1. The lowest BCUT2D eigenvalue weighted by Gasteiger charge is -2.08. The number of anilines is 1. The zero-order valence-corrected chi connectivity index (χ0v) is 12.0. The second-order valence-corrected chi connectivity index (χ2v) is 6.02. The van der Waals surface area contributed by atoms with Crippen molar-refractivity contribution in [2.24, 2.45) is 5.14 Å². The number of rotatable bonds is 5. The van der Waals surface area contributed by atoms with Crippen molar-refractivity contribution in [3.8, 4) is 0 Å². The lowest BCUT2D eigenvalue weighted by Crippen LogP contribution is -2.12. The molecule has 3 N–H and O–H groups in total. The van der Waals surface area contributed by atoms with Crippen LogP contribution in [-0.2, 0) is 16.6 Å². The lowest BCUT2D eigenvalue weighted by molar-refractivity contribution is 0.598. The molecule has 1 heterocycles. The highest BCUT2D eigenvalue weighted by atomic mass is 35.5. The molecule has 0 saturated heterocycles. The lowest BCUT2D eigenvalue weighted by atomic mass is 10.3. The first-order valence-corrected chi connectivity index (χ1v) is 7.54. The summed E-state index contributed by atoms with van der Waals surface area (Å²) in [5.41, 5.74) is 1.39. The predicted octanol–water partition coefficient (Wildman–Crippen LogP) is 1.90. The summed E-state index contributed by atoms with van der Waals surface area (Å²) in [4.78, 5) is 0.00573. The monoisotopic (exact) mass is 312 g/mol. The van der Waals surface area contributed by atoms with E-state index in [1.165, 1.54) is 18.2 Å². The highest BCUT2D eigenvalue weighted by molar-refractivity contribution is 7.89. The van der Waals surface area contributed by atoms with Crippen LogP contribution in [0, 0.1) is 0 Å². The van der Waals surface area contributed by atoms with Crippen LogP contribution < -0.4 is 10.5 Å². The molecule has 0 aliphatic heterocycles. The van der Waals surface area contributed by atoms with E-state index >= 15 is 0 Å². The SMILES string of the molecule is C=Cn1cc(CNc2cc(S(N)(=O)=O)ccc2Cl)cn1. The Morgan fingerprint density at radius 1 is 1.50 bits per heavy atom. The Bertz CT molecular complexity index is 740. The molecule has 1 aromatic heterocycles. The maximum Gasteiger partial charge on any atom is 0.238 e. The molecule has 0 saturated carbocycles. The van der Waals surface area contributed by atoms with Crippen LogP contribution in [0.2, 0.25) is 5.02 Å². The van der Waals surface area contributed by atoms with E-state index < -0.39 is 10.0 Å². The summed E-state index contributed by atoms with van der Waals surface area (Å²) in [5, 5.41) is 12.6. The first kappa shape index (κ1) is 14.6. The number of hydrogen-bond donors (Lipinski definition) is 2. The molecular formula is C12H13ClN4O2S. The van der Waals surface area contributed by atoms with Gasteiger partial charge in [0.25, 0.3) is 0 Å². The van der Waals surface area contributed by atoms with Crippen molar-refractivity contribution >= 4 is 33.5 Å². The topological polar surface area (TPSA) is 90.0 Å². The first-order chi connectivity index (χ1) is 9.40. The summed E-state index contributed by atoms with van der Waals surface area (Å²) in [5.74, 6) is 0. The van der Waals surface area contributed by atoms with Crippen molar-refractivity contribution in [2.45, 2.75) is 11.4 Å². The molecule has 2 rings (SSSR count). The Hall–Kier alpha value is -1.83. The smallest absolute Gasteiger partial charge is 0.238 e. The minimum absolute atomic E-state index is 0.00573. The average molecular weight is 313 g/mol. The van der Waals surface area contributed by atoms with Gasteiger partial charge in [0.2, 0.25) is 10.0 Å². The van der Waals surface area contributed by atoms with Gasteiger partial charge in [0, 0.05) is 24.5 Å². The van der Waals surface area contributed by atoms with Crippen molar-refractivity contribution in [2.75, 3.05) is 5.32 Å². The van der Waals surface area contributed by atoms with Gasteiger partial charge in [-0.3, -0.25) is 0 Å². The fourth-order valence-corrected chi connectivity index (χ4v) is 2.31. The van der Waals surface area contributed by atoms with Gasteiger partial charge in [0.1, 0.15) is 0 Å². The van der Waals surface area contributed by atoms with E-state index in [0.717, 1.165) is 5.56 Å². The fraction of sp³-hybridized carbons (Fsp3) is 0.0833. The van der Waals surface area contributed by atoms with Gasteiger partial charge < -0.3 is 5.32 Å². The molecule has 106 valence electrons. The molecule has 2 aromatic rings. The Morgan fingerprint density at radius 2 is 2.25 bits per heavy atom. The van der Waals surface area contributed by atoms with Crippen molar-refractivity contribution in [3.63, 3.8) is 0 Å². The fourth-order valence-electron chi connectivity index (χ4n) is 1.58. The molecule has 0 radical (unpaired) electrons. The van der Waals surface area contributed by atoms with E-state index in [1.807, 2.05) is 0 Å². The highest BCUT2D eigenvalue weighted by Crippen LogP contribution is 2.25. The van der Waals surface area contributed by atoms with Crippen molar-refractivity contribution in [1.29, 1.82) is 0 Å². The normalized spacial score (nSPS) is 11.3. The molecule has 0 spiro atoms. The standard InChI is InChI=1S/C12H13ClN4O2S/c1-2-17-8-9(7-16-17)6-15-12-5-10(20(14,18)19)3-4-11(12)13/h2-5,7-8,15H,1,6H2,(H2,14,18,19). The van der Waals surface area contributed by atoms with Crippen molar-refractivity contribution in [3.05, 3.63) is 47.8 Å². The second kappa shape index (κ2) is 5.66. The minimum Gasteiger partial charge on any atom is -0.380 e. The van der Waals surface area contributed by atoms with Gasteiger partial charge in [-0.25, -0.2) is 18.2 Å². The summed E-state index contributed by atoms with van der Waals surface area (Å²) < 4.78 is 24.2. The molecular weight excluding hydrogens is 300 g/mol. The van der Waals surface area contributed by atoms with E-state index in [1.54, 1.807) is 23.3 Å². The summed E-state index contributed by atoms with van der Waals surface area (Å²) >= 11 is 6.01. The number of benzene rings is 1. The Labute approximate surface area is 121 Å². The van der Waals surface area contributed by atoms with Gasteiger partial charge in [0.05, 0.1) is 21.8 Å². The summed E-state index contributed by atoms with van der Waals surface area (Å²) in [6.45, 7) is 4.04. The van der Waals surface area contributed by atoms with Crippen molar-refractivity contribution < 1.29 is 8.42 Å². The molecule has 0 atom stereocenters. The Kier molecular flexibility index (Phi) is 4.12. The summed E-state index contributed by atoms with van der Waals surface area (Å²) in [7, 11) is -3.75. The molecule has 0 bridgehead atoms. The number of nitrogens with two attached hydrogens (primary N) is 1. The molecule has 0 aliphatic rings. The van der Waals surface area contributed by atoms with Gasteiger partial charge >= 0.3 is 0 Å². The third kappa shape index (κ3) is 3.38. The Balaban J connectivity index is 2.18. The van der Waals surface area contributed by atoms with Gasteiger partial charge in [-0.2, -0.15) is 5.10 Å². The van der Waals surface area contributed by atoms with Crippen LogP contribution in [0.5, 0.6) is 0 Å². The maximum atomic E-state index is 11.3. The van der Waals surface area contributed by atoms with E-state index in [2.05, 4.69) is 17.0 Å². The predicted molar refractivity (Wildman–Crippen MR) is 78.8 cm³/mol. The number of nitrogens with zero attached hydrogens (tertiary/aromatic N) is 2. The van der Waals surface area contributed by atoms with Crippen LogP contribution in [0.1, 0.15) is 5.56 Å². The molecule has 20 heavy (non-hydrogen) atoms. The zero-order valence-electron chi connectivity index (χ0n) is 10.5. The van der Waals surface area contributed by atoms with Crippen LogP contribution in [0.25, 0.3) is 6.20 Å². The van der Waals surface area contributed by atoms with Gasteiger partial charge in [-0.1, -0.05) is 18.2 Å². The van der Waals surface area contributed by atoms with Crippen LogP contribution in [0.15, 0.2) is 42.1 Å². The van der Waals surface area contributed by atoms with Gasteiger partial charge in [-0.15, -0.1) is 0 Å². The minimum atomic E-state index is -3.75. The van der Waals surface area contributed by atoms with Crippen LogP contribution in [0.4, 0.5) is 5.69 Å². The highest BCUT2D eigenvalue weighted by Gasteiger charge is 2.10. The molecule has 0 aliphatic carbocycles. The van der Waals surface area contributed by atoms with Crippen LogP contribution >= 0.6 is 11.6 Å². The number of halogens is 1. The average Bonchev–Trinajstić information content (AvgIpc) is 2.84. The van der Waals surface area contributed by atoms with Crippen LogP contribution in [0.3, 0.4) is 0 Å². The number of hydrogen-bond acceptors (Lipinski definition) is 4. The number of aromatic nitrogens is 2. The third-order valence-corrected chi connectivity index (χ3v) is 3.83. The second-order valence-electron chi connectivity index (χ2n) is 4.05. The molecule has 0 amide bonds. The Morgan fingerprint density at radius 3 is 2.85 bits per heavy atom. The number of nitrogens with one attached hydrogen (secondary N) is 1. The van der Waals surface area contributed by atoms with Gasteiger partial charge in [0.15, 0.2) is 0 Å². The largest absolute Gasteiger partial charge is 0.380 e. The number of primary sulfonamides is 1. The first-order valence-electron chi connectivity index (χ1n) is 5.62. The molecule has 0 fully saturated rings. The van der Waals surface area contributed by atoms with E-state index in [0.29, 0.717) is 17.3 Å². The molecule has 0 unspecified atom stereocenters. The summed E-state index contributed by atoms with van der Waals surface area (Å²) in [6, 6.07) is 4.24. The van der Waals surface area contributed by atoms with Crippen molar-refractivity contribution in [1.82, 2.24) is 9.78 Å².